The molecule has 3 rings (SSSR count). The van der Waals surface area contributed by atoms with Crippen LogP contribution in [0, 0.1) is 6.92 Å². The van der Waals surface area contributed by atoms with Gasteiger partial charge in [0, 0.05) is 6.20 Å². The average Bonchev–Trinajstić information content (AvgIpc) is 2.89. The van der Waals surface area contributed by atoms with Crippen molar-refractivity contribution in [2.75, 3.05) is 0 Å². The van der Waals surface area contributed by atoms with Crippen molar-refractivity contribution in [3.05, 3.63) is 48.2 Å². The predicted octanol–water partition coefficient (Wildman–Crippen LogP) is 2.81. The standard InChI is InChI=1S/C14H11N3O2/c1-9-5-4-8-15-12(9)13-16-14(19-17-13)10-6-2-3-7-11(10)18/h2-8,18H,1H3. The molecule has 0 aliphatic carbocycles. The highest BCUT2D eigenvalue weighted by atomic mass is 16.5. The minimum absolute atomic E-state index is 0.107. The van der Waals surface area contributed by atoms with Gasteiger partial charge in [-0.15, -0.1) is 0 Å². The zero-order chi connectivity index (χ0) is 13.2. The molecule has 0 unspecified atom stereocenters. The lowest BCUT2D eigenvalue weighted by molar-refractivity contribution is 0.425. The molecular weight excluding hydrogens is 242 g/mol. The highest BCUT2D eigenvalue weighted by Gasteiger charge is 2.15. The molecule has 2 heterocycles. The van der Waals surface area contributed by atoms with E-state index in [2.05, 4.69) is 15.1 Å². The summed E-state index contributed by atoms with van der Waals surface area (Å²) in [4.78, 5) is 8.50. The van der Waals surface area contributed by atoms with Crippen molar-refractivity contribution in [2.45, 2.75) is 6.92 Å². The number of nitrogens with zero attached hydrogens (tertiary/aromatic N) is 3. The van der Waals surface area contributed by atoms with Gasteiger partial charge in [-0.3, -0.25) is 4.98 Å². The lowest BCUT2D eigenvalue weighted by Crippen LogP contribution is -1.89. The summed E-state index contributed by atoms with van der Waals surface area (Å²) in [6.07, 6.45) is 1.68. The van der Waals surface area contributed by atoms with E-state index >= 15 is 0 Å². The molecule has 0 aliphatic heterocycles. The SMILES string of the molecule is Cc1cccnc1-c1noc(-c2ccccc2O)n1. The monoisotopic (exact) mass is 253 g/mol. The fourth-order valence-electron chi connectivity index (χ4n) is 1.80. The topological polar surface area (TPSA) is 72.0 Å². The van der Waals surface area contributed by atoms with E-state index in [1.807, 2.05) is 19.1 Å². The van der Waals surface area contributed by atoms with Gasteiger partial charge in [-0.1, -0.05) is 23.4 Å². The van der Waals surface area contributed by atoms with Gasteiger partial charge in [0.25, 0.3) is 5.89 Å². The van der Waals surface area contributed by atoms with Gasteiger partial charge in [0.15, 0.2) is 0 Å². The molecule has 5 heteroatoms. The molecule has 0 atom stereocenters. The summed E-state index contributed by atoms with van der Waals surface area (Å²) < 4.78 is 5.18. The van der Waals surface area contributed by atoms with Crippen molar-refractivity contribution in [1.29, 1.82) is 0 Å². The Morgan fingerprint density at radius 1 is 1.11 bits per heavy atom. The molecule has 1 aromatic carbocycles. The number of aromatic hydroxyl groups is 1. The minimum atomic E-state index is 0.107. The number of phenolic OH excluding ortho intramolecular Hbond substituents is 1. The number of aromatic nitrogens is 3. The third kappa shape index (κ3) is 2.06. The number of phenols is 1. The third-order valence-electron chi connectivity index (χ3n) is 2.78. The van der Waals surface area contributed by atoms with Gasteiger partial charge in [-0.25, -0.2) is 0 Å². The van der Waals surface area contributed by atoms with Crippen molar-refractivity contribution >= 4 is 0 Å². The number of pyridine rings is 1. The van der Waals surface area contributed by atoms with E-state index in [0.717, 1.165) is 5.56 Å². The molecule has 0 radical (unpaired) electrons. The Bertz CT molecular complexity index is 662. The summed E-state index contributed by atoms with van der Waals surface area (Å²) in [6, 6.07) is 10.6. The van der Waals surface area contributed by atoms with Crippen LogP contribution in [-0.4, -0.2) is 20.2 Å². The van der Waals surface area contributed by atoms with Gasteiger partial charge in [0.1, 0.15) is 11.4 Å². The van der Waals surface area contributed by atoms with Gasteiger partial charge >= 0.3 is 0 Å². The quantitative estimate of drug-likeness (QED) is 0.760. The molecule has 0 amide bonds. The predicted molar refractivity (Wildman–Crippen MR) is 69.4 cm³/mol. The van der Waals surface area contributed by atoms with E-state index in [9.17, 15) is 5.11 Å². The molecule has 19 heavy (non-hydrogen) atoms. The number of aryl methyl sites for hydroxylation is 1. The molecule has 2 aromatic heterocycles. The molecule has 0 fully saturated rings. The first-order valence-corrected chi connectivity index (χ1v) is 5.80. The second kappa shape index (κ2) is 4.53. The van der Waals surface area contributed by atoms with Crippen LogP contribution in [-0.2, 0) is 0 Å². The third-order valence-corrected chi connectivity index (χ3v) is 2.78. The first kappa shape index (κ1) is 11.4. The Kier molecular flexibility index (Phi) is 2.72. The molecule has 0 bridgehead atoms. The van der Waals surface area contributed by atoms with E-state index < -0.39 is 0 Å². The van der Waals surface area contributed by atoms with Gasteiger partial charge in [0.05, 0.1) is 5.56 Å². The Labute approximate surface area is 109 Å². The van der Waals surface area contributed by atoms with Gasteiger partial charge in [0.2, 0.25) is 5.82 Å². The first-order valence-electron chi connectivity index (χ1n) is 5.80. The number of para-hydroxylation sites is 1. The summed E-state index contributed by atoms with van der Waals surface area (Å²) in [7, 11) is 0. The van der Waals surface area contributed by atoms with Crippen LogP contribution < -0.4 is 0 Å². The molecule has 5 nitrogen and oxygen atoms in total. The van der Waals surface area contributed by atoms with Crippen LogP contribution in [0.4, 0.5) is 0 Å². The van der Waals surface area contributed by atoms with E-state index in [-0.39, 0.29) is 11.6 Å². The van der Waals surface area contributed by atoms with Crippen LogP contribution in [0.3, 0.4) is 0 Å². The summed E-state index contributed by atoms with van der Waals surface area (Å²) in [6.45, 7) is 1.93. The second-order valence-electron chi connectivity index (χ2n) is 4.11. The smallest absolute Gasteiger partial charge is 0.262 e. The van der Waals surface area contributed by atoms with Gasteiger partial charge in [-0.05, 0) is 30.7 Å². The summed E-state index contributed by atoms with van der Waals surface area (Å²) in [5.74, 6) is 0.796. The van der Waals surface area contributed by atoms with E-state index in [0.29, 0.717) is 17.1 Å². The Morgan fingerprint density at radius 3 is 2.74 bits per heavy atom. The van der Waals surface area contributed by atoms with Crippen LogP contribution >= 0.6 is 0 Å². The van der Waals surface area contributed by atoms with Crippen LogP contribution in [0.5, 0.6) is 5.75 Å². The maximum absolute atomic E-state index is 9.75. The lowest BCUT2D eigenvalue weighted by Gasteiger charge is -1.98. The van der Waals surface area contributed by atoms with Crippen molar-refractivity contribution in [2.24, 2.45) is 0 Å². The van der Waals surface area contributed by atoms with Crippen molar-refractivity contribution in [3.8, 4) is 28.7 Å². The van der Waals surface area contributed by atoms with Crippen LogP contribution in [0.25, 0.3) is 23.0 Å². The molecule has 0 aliphatic rings. The van der Waals surface area contributed by atoms with E-state index in [1.165, 1.54) is 0 Å². The molecule has 94 valence electrons. The number of hydrogen-bond acceptors (Lipinski definition) is 5. The zero-order valence-electron chi connectivity index (χ0n) is 10.2. The fourth-order valence-corrected chi connectivity index (χ4v) is 1.80. The normalized spacial score (nSPS) is 10.6. The van der Waals surface area contributed by atoms with E-state index in [1.54, 1.807) is 30.5 Å². The Hall–Kier alpha value is -2.69. The van der Waals surface area contributed by atoms with Crippen LogP contribution in [0.2, 0.25) is 0 Å². The minimum Gasteiger partial charge on any atom is -0.507 e. The highest BCUT2D eigenvalue weighted by Crippen LogP contribution is 2.28. The van der Waals surface area contributed by atoms with E-state index in [4.69, 9.17) is 4.52 Å². The van der Waals surface area contributed by atoms with Gasteiger partial charge in [-0.2, -0.15) is 4.98 Å². The van der Waals surface area contributed by atoms with Crippen molar-refractivity contribution in [1.82, 2.24) is 15.1 Å². The first-order chi connectivity index (χ1) is 9.25. The number of hydrogen-bond donors (Lipinski definition) is 1. The van der Waals surface area contributed by atoms with Crippen LogP contribution in [0.1, 0.15) is 5.56 Å². The molecular formula is C14H11N3O2. The average molecular weight is 253 g/mol. The second-order valence-corrected chi connectivity index (χ2v) is 4.11. The number of rotatable bonds is 2. The Morgan fingerprint density at radius 2 is 1.95 bits per heavy atom. The molecule has 0 spiro atoms. The molecule has 1 N–H and O–H groups in total. The maximum atomic E-state index is 9.75. The summed E-state index contributed by atoms with van der Waals surface area (Å²) in [5.41, 5.74) is 2.15. The Balaban J connectivity index is 2.06. The molecule has 3 aromatic rings. The fraction of sp³-hybridized carbons (Fsp3) is 0.0714. The molecule has 0 saturated carbocycles. The summed E-state index contributed by atoms with van der Waals surface area (Å²) in [5, 5.41) is 13.7. The van der Waals surface area contributed by atoms with Crippen LogP contribution in [0.15, 0.2) is 47.1 Å². The van der Waals surface area contributed by atoms with Gasteiger partial charge < -0.3 is 9.63 Å². The molecule has 0 saturated heterocycles. The van der Waals surface area contributed by atoms with Crippen molar-refractivity contribution in [3.63, 3.8) is 0 Å². The highest BCUT2D eigenvalue weighted by molar-refractivity contribution is 5.64. The largest absolute Gasteiger partial charge is 0.507 e. The number of benzene rings is 1. The summed E-state index contributed by atoms with van der Waals surface area (Å²) >= 11 is 0. The zero-order valence-corrected chi connectivity index (χ0v) is 10.2. The lowest BCUT2D eigenvalue weighted by atomic mass is 10.2. The maximum Gasteiger partial charge on any atom is 0.262 e. The van der Waals surface area contributed by atoms with Crippen molar-refractivity contribution < 1.29 is 9.63 Å².